The molecule has 152 valence electrons. The van der Waals surface area contributed by atoms with Crippen molar-refractivity contribution in [3.05, 3.63) is 78.9 Å². The highest BCUT2D eigenvalue weighted by atomic mass is 16.5. The minimum Gasteiger partial charge on any atom is -0.507 e. The van der Waals surface area contributed by atoms with Crippen LogP contribution in [0.3, 0.4) is 0 Å². The summed E-state index contributed by atoms with van der Waals surface area (Å²) in [4.78, 5) is 13.6. The first-order valence-electron chi connectivity index (χ1n) is 10.3. The first-order chi connectivity index (χ1) is 15.2. The number of para-hydroxylation sites is 1. The van der Waals surface area contributed by atoms with Crippen LogP contribution < -0.4 is 4.74 Å². The van der Waals surface area contributed by atoms with Crippen molar-refractivity contribution in [1.29, 1.82) is 0 Å². The number of fused-ring (bicyclic) bond motifs is 2. The van der Waals surface area contributed by atoms with Crippen molar-refractivity contribution in [3.63, 3.8) is 0 Å². The van der Waals surface area contributed by atoms with Crippen LogP contribution in [0.5, 0.6) is 11.8 Å². The van der Waals surface area contributed by atoms with Gasteiger partial charge >= 0.3 is 6.01 Å². The first-order valence-corrected chi connectivity index (χ1v) is 10.3. The summed E-state index contributed by atoms with van der Waals surface area (Å²) in [7, 11) is 0. The summed E-state index contributed by atoms with van der Waals surface area (Å²) in [6.07, 6.45) is 0.843. The Morgan fingerprint density at radius 1 is 0.710 bits per heavy atom. The summed E-state index contributed by atoms with van der Waals surface area (Å²) in [5.74, 6) is 1.01. The molecule has 5 rings (SSSR count). The Kier molecular flexibility index (Phi) is 4.92. The number of hydrogen-bond donors (Lipinski definition) is 1. The van der Waals surface area contributed by atoms with Crippen LogP contribution in [0.4, 0.5) is 0 Å². The molecular formula is C26H21N3O2. The molecule has 0 saturated carbocycles. The lowest BCUT2D eigenvalue weighted by atomic mass is 10.0. The van der Waals surface area contributed by atoms with E-state index < -0.39 is 0 Å². The van der Waals surface area contributed by atoms with Crippen LogP contribution in [0.25, 0.3) is 44.3 Å². The minimum absolute atomic E-state index is 0.117. The monoisotopic (exact) mass is 407 g/mol. The Labute approximate surface area is 180 Å². The van der Waals surface area contributed by atoms with Crippen molar-refractivity contribution in [2.75, 3.05) is 6.61 Å². The average Bonchev–Trinajstić information content (AvgIpc) is 2.81. The van der Waals surface area contributed by atoms with E-state index in [0.717, 1.165) is 22.8 Å². The molecule has 0 bridgehead atoms. The van der Waals surface area contributed by atoms with Gasteiger partial charge in [-0.05, 0) is 58.3 Å². The fourth-order valence-electron chi connectivity index (χ4n) is 3.61. The van der Waals surface area contributed by atoms with Crippen LogP contribution in [0.2, 0.25) is 0 Å². The van der Waals surface area contributed by atoms with Gasteiger partial charge in [0.05, 0.1) is 12.2 Å². The molecular weight excluding hydrogens is 386 g/mol. The van der Waals surface area contributed by atoms with Crippen molar-refractivity contribution >= 4 is 21.5 Å². The maximum atomic E-state index is 10.3. The molecule has 1 heterocycles. The van der Waals surface area contributed by atoms with E-state index in [4.69, 9.17) is 4.74 Å². The fourth-order valence-corrected chi connectivity index (χ4v) is 3.61. The maximum absolute atomic E-state index is 10.3. The number of ether oxygens (including phenoxy) is 1. The molecule has 0 aliphatic heterocycles. The molecule has 4 aromatic carbocycles. The van der Waals surface area contributed by atoms with Gasteiger partial charge in [0.25, 0.3) is 0 Å². The number of phenolic OH excluding ortho intramolecular Hbond substituents is 1. The van der Waals surface area contributed by atoms with Crippen molar-refractivity contribution in [1.82, 2.24) is 15.0 Å². The van der Waals surface area contributed by atoms with Gasteiger partial charge in [-0.3, -0.25) is 0 Å². The second-order valence-corrected chi connectivity index (χ2v) is 7.39. The highest BCUT2D eigenvalue weighted by molar-refractivity contribution is 5.99. The molecule has 1 N–H and O–H groups in total. The van der Waals surface area contributed by atoms with Crippen LogP contribution in [0, 0.1) is 0 Å². The molecule has 0 unspecified atom stereocenters. The van der Waals surface area contributed by atoms with E-state index in [1.807, 2.05) is 31.2 Å². The van der Waals surface area contributed by atoms with Gasteiger partial charge in [0.2, 0.25) is 0 Å². The summed E-state index contributed by atoms with van der Waals surface area (Å²) in [6, 6.07) is 26.1. The number of phenols is 1. The van der Waals surface area contributed by atoms with E-state index in [2.05, 4.69) is 51.4 Å². The van der Waals surface area contributed by atoms with Crippen LogP contribution in [-0.4, -0.2) is 26.7 Å². The average molecular weight is 407 g/mol. The zero-order valence-corrected chi connectivity index (χ0v) is 17.1. The van der Waals surface area contributed by atoms with Gasteiger partial charge in [0.1, 0.15) is 5.75 Å². The van der Waals surface area contributed by atoms with E-state index in [0.29, 0.717) is 23.8 Å². The molecule has 0 aliphatic rings. The van der Waals surface area contributed by atoms with E-state index in [1.165, 1.54) is 10.8 Å². The lowest BCUT2D eigenvalue weighted by molar-refractivity contribution is 0.292. The minimum atomic E-state index is 0.117. The third-order valence-electron chi connectivity index (χ3n) is 5.16. The molecule has 31 heavy (non-hydrogen) atoms. The molecule has 0 spiro atoms. The molecule has 0 radical (unpaired) electrons. The summed E-state index contributed by atoms with van der Waals surface area (Å²) in [6.45, 7) is 2.53. The quantitative estimate of drug-likeness (QED) is 0.362. The Balaban J connectivity index is 1.65. The molecule has 5 nitrogen and oxygen atoms in total. The Morgan fingerprint density at radius 2 is 1.39 bits per heavy atom. The van der Waals surface area contributed by atoms with Gasteiger partial charge in [-0.15, -0.1) is 0 Å². The first kappa shape index (κ1) is 19.0. The Bertz CT molecular complexity index is 1400. The molecule has 5 aromatic rings. The predicted molar refractivity (Wildman–Crippen MR) is 123 cm³/mol. The second kappa shape index (κ2) is 8.03. The number of nitrogens with zero attached hydrogens (tertiary/aromatic N) is 3. The predicted octanol–water partition coefficient (Wildman–Crippen LogP) is 6.01. The molecule has 0 fully saturated rings. The number of aromatic hydroxyl groups is 1. The number of benzene rings is 4. The lowest BCUT2D eigenvalue weighted by Gasteiger charge is -2.10. The molecule has 0 aliphatic carbocycles. The highest BCUT2D eigenvalue weighted by Gasteiger charge is 2.14. The van der Waals surface area contributed by atoms with E-state index >= 15 is 0 Å². The van der Waals surface area contributed by atoms with Gasteiger partial charge in [-0.25, -0.2) is 4.98 Å². The zero-order valence-electron chi connectivity index (χ0n) is 17.1. The van der Waals surface area contributed by atoms with Gasteiger partial charge in [-0.2, -0.15) is 9.97 Å². The van der Waals surface area contributed by atoms with Crippen molar-refractivity contribution < 1.29 is 9.84 Å². The number of rotatable bonds is 5. The summed E-state index contributed by atoms with van der Waals surface area (Å²) in [5, 5.41) is 14.9. The van der Waals surface area contributed by atoms with E-state index in [1.54, 1.807) is 18.2 Å². The molecule has 5 heteroatoms. The Hall–Kier alpha value is -3.99. The zero-order chi connectivity index (χ0) is 21.2. The van der Waals surface area contributed by atoms with E-state index in [-0.39, 0.29) is 11.8 Å². The van der Waals surface area contributed by atoms with Gasteiger partial charge in [-0.1, -0.05) is 55.5 Å². The van der Waals surface area contributed by atoms with Gasteiger partial charge < -0.3 is 9.84 Å². The third-order valence-corrected chi connectivity index (χ3v) is 5.16. The SMILES string of the molecule is CCCOc1nc(-c2ccc3cc4ccccc4cc3c2)nc(-c2ccccc2O)n1. The largest absolute Gasteiger partial charge is 0.507 e. The van der Waals surface area contributed by atoms with Gasteiger partial charge in [0.15, 0.2) is 11.6 Å². The summed E-state index contributed by atoms with van der Waals surface area (Å²) < 4.78 is 5.72. The third kappa shape index (κ3) is 3.78. The number of hydrogen-bond acceptors (Lipinski definition) is 5. The van der Waals surface area contributed by atoms with E-state index in [9.17, 15) is 5.11 Å². The van der Waals surface area contributed by atoms with Crippen molar-refractivity contribution in [3.8, 4) is 34.5 Å². The Morgan fingerprint density at radius 3 is 2.16 bits per heavy atom. The molecule has 0 atom stereocenters. The van der Waals surface area contributed by atoms with Crippen molar-refractivity contribution in [2.24, 2.45) is 0 Å². The molecule has 0 amide bonds. The fraction of sp³-hybridized carbons (Fsp3) is 0.115. The number of aromatic nitrogens is 3. The normalized spacial score (nSPS) is 11.1. The standard InChI is InChI=1S/C26H21N3O2/c1-2-13-31-26-28-24(27-25(29-26)22-9-5-6-10-23(22)30)20-12-11-19-14-17-7-3-4-8-18(17)15-21(19)16-20/h3-12,14-16,30H,2,13H2,1H3. The highest BCUT2D eigenvalue weighted by Crippen LogP contribution is 2.30. The topological polar surface area (TPSA) is 68.1 Å². The van der Waals surface area contributed by atoms with Gasteiger partial charge in [0, 0.05) is 5.56 Å². The summed E-state index contributed by atoms with van der Waals surface area (Å²) in [5.41, 5.74) is 1.41. The molecule has 0 saturated heterocycles. The second-order valence-electron chi connectivity index (χ2n) is 7.39. The van der Waals surface area contributed by atoms with Crippen molar-refractivity contribution in [2.45, 2.75) is 13.3 Å². The smallest absolute Gasteiger partial charge is 0.320 e. The maximum Gasteiger partial charge on any atom is 0.320 e. The lowest BCUT2D eigenvalue weighted by Crippen LogP contribution is -2.04. The van der Waals surface area contributed by atoms with Crippen LogP contribution in [0.15, 0.2) is 78.9 Å². The van der Waals surface area contributed by atoms with Crippen LogP contribution >= 0.6 is 0 Å². The van der Waals surface area contributed by atoms with Crippen LogP contribution in [-0.2, 0) is 0 Å². The molecule has 1 aromatic heterocycles. The summed E-state index contributed by atoms with van der Waals surface area (Å²) >= 11 is 0. The van der Waals surface area contributed by atoms with Crippen LogP contribution in [0.1, 0.15) is 13.3 Å².